The number of amides is 12. The summed E-state index contributed by atoms with van der Waals surface area (Å²) in [4.78, 5) is 201. The van der Waals surface area contributed by atoms with Crippen molar-refractivity contribution in [1.29, 1.82) is 0 Å². The SMILES string of the molecule is CCCC[C@H](NC(=O)[C@@H](NC(=O)[C@H](Cc1cnc[nH]1)NC(=O)[C@H](CCC(N)=O)NC(C)=O)C(C)O)C(=O)N[C@H]1CCC(=O)ONCCCC[C@@H](C(N)=O)NC(=O)[C@H](Cc2c[nH]c3ccccc23)NC(=O)[C@H](CCCN=C(N)N)NC(=O)[C@@H](Cc2ccccc2)NC(=O)[C@@H]2CC(O)CN2C1=O. The van der Waals surface area contributed by atoms with Gasteiger partial charge in [0.05, 0.1) is 18.5 Å². The number of carbonyl (C=O) groups excluding carboxylic acids is 13. The number of hydrogen-bond acceptors (Lipinski definition) is 19. The Morgan fingerprint density at radius 1 is 0.740 bits per heavy atom. The van der Waals surface area contributed by atoms with Gasteiger partial charge >= 0.3 is 5.97 Å². The molecule has 0 radical (unpaired) electrons. The van der Waals surface area contributed by atoms with Gasteiger partial charge in [-0.1, -0.05) is 68.3 Å². The first-order chi connectivity index (χ1) is 47.7. The Morgan fingerprint density at radius 3 is 2.08 bits per heavy atom. The second kappa shape index (κ2) is 39.1. The summed E-state index contributed by atoms with van der Waals surface area (Å²) in [5, 5.41) is 46.4. The van der Waals surface area contributed by atoms with Crippen molar-refractivity contribution in [2.75, 3.05) is 19.6 Å². The predicted octanol–water partition coefficient (Wildman–Crippen LogP) is -4.35. The number of carbonyl (C=O) groups is 13. The number of fused-ring (bicyclic) bond motifs is 2. The number of unbranched alkanes of at least 4 members (excludes halogenated alkanes) is 1. The molecule has 4 heterocycles. The van der Waals surface area contributed by atoms with Crippen LogP contribution in [-0.2, 0) is 86.4 Å². The number of aromatic nitrogens is 3. The summed E-state index contributed by atoms with van der Waals surface area (Å²) in [7, 11) is 0. The molecule has 2 aliphatic rings. The summed E-state index contributed by atoms with van der Waals surface area (Å²) in [6.45, 7) is 3.58. The van der Waals surface area contributed by atoms with Gasteiger partial charge in [0.1, 0.15) is 60.4 Å². The van der Waals surface area contributed by atoms with Crippen LogP contribution in [0.25, 0.3) is 10.9 Å². The Kier molecular flexibility index (Phi) is 30.7. The molecule has 35 heteroatoms. The molecule has 6 rings (SSSR count). The Labute approximate surface area is 576 Å². The summed E-state index contributed by atoms with van der Waals surface area (Å²) in [5.41, 5.74) is 27.1. The van der Waals surface area contributed by atoms with Crippen LogP contribution < -0.4 is 76.3 Å². The van der Waals surface area contributed by atoms with Crippen molar-refractivity contribution in [2.45, 2.75) is 196 Å². The van der Waals surface area contributed by atoms with E-state index < -0.39 is 175 Å². The largest absolute Gasteiger partial charge is 0.391 e. The van der Waals surface area contributed by atoms with E-state index in [4.69, 9.17) is 27.8 Å². The smallest absolute Gasteiger partial charge is 0.324 e. The molecule has 2 unspecified atom stereocenters. The lowest BCUT2D eigenvalue weighted by molar-refractivity contribution is -0.152. The van der Waals surface area contributed by atoms with Crippen LogP contribution in [0.3, 0.4) is 0 Å². The topological polar surface area (TPSA) is 556 Å². The van der Waals surface area contributed by atoms with Gasteiger partial charge in [0.25, 0.3) is 0 Å². The Morgan fingerprint density at radius 2 is 1.40 bits per heavy atom. The fraction of sp³-hybridized carbons (Fsp3) is 0.523. The first kappa shape index (κ1) is 78.4. The molecule has 22 N–H and O–H groups in total. The third kappa shape index (κ3) is 24.8. The number of primary amides is 2. The number of nitrogens with zero attached hydrogens (tertiary/aromatic N) is 3. The molecule has 2 aromatic carbocycles. The van der Waals surface area contributed by atoms with E-state index in [1.165, 1.54) is 19.4 Å². The highest BCUT2D eigenvalue weighted by atomic mass is 16.7. The number of hydrogen-bond donors (Lipinski definition) is 18. The average Bonchev–Trinajstić information content (AvgIpc) is 1.64. The summed E-state index contributed by atoms with van der Waals surface area (Å²) in [6, 6.07) is 0.539. The van der Waals surface area contributed by atoms with E-state index in [1.807, 2.05) is 12.1 Å². The van der Waals surface area contributed by atoms with E-state index in [0.29, 0.717) is 23.2 Å². The van der Waals surface area contributed by atoms with Crippen molar-refractivity contribution in [1.82, 2.24) is 73.2 Å². The molecule has 2 aliphatic heterocycles. The number of aromatic amines is 2. The van der Waals surface area contributed by atoms with E-state index in [9.17, 15) is 67.7 Å². The van der Waals surface area contributed by atoms with E-state index in [0.717, 1.165) is 22.7 Å². The number of benzene rings is 2. The molecule has 35 nitrogen and oxygen atoms in total. The van der Waals surface area contributed by atoms with Crippen LogP contribution in [0.4, 0.5) is 0 Å². The van der Waals surface area contributed by atoms with Gasteiger partial charge in [-0.3, -0.25) is 67.3 Å². The highest BCUT2D eigenvalue weighted by molar-refractivity contribution is 6.00. The number of aliphatic imine (C=N–C) groups is 1. The summed E-state index contributed by atoms with van der Waals surface area (Å²) in [5.74, 6) is -12.1. The van der Waals surface area contributed by atoms with Crippen molar-refractivity contribution >= 4 is 93.7 Å². The van der Waals surface area contributed by atoms with Gasteiger partial charge in [-0.25, -0.2) is 4.98 Å². The highest BCUT2D eigenvalue weighted by Gasteiger charge is 2.44. The van der Waals surface area contributed by atoms with Crippen molar-refractivity contribution in [2.24, 2.45) is 27.9 Å². The number of guanidine groups is 1. The zero-order valence-electron chi connectivity index (χ0n) is 56.1. The Balaban J connectivity index is 1.31. The van der Waals surface area contributed by atoms with Crippen LogP contribution in [0.15, 0.2) is 78.3 Å². The molecule has 12 amide bonds. The van der Waals surface area contributed by atoms with Crippen molar-refractivity contribution in [3.8, 4) is 0 Å². The molecule has 544 valence electrons. The van der Waals surface area contributed by atoms with Gasteiger partial charge in [0.15, 0.2) is 5.96 Å². The standard InChI is InChI=1S/C65H93N19O16/c1-4-5-17-44(78-63(98)54(35(2)85)83-61(96)50(29-39-32-70-34-73-39)81-58(93)46(75-36(3)86)21-23-52(66)88)56(91)79-47-22-24-53(89)100-74-26-12-11-19-43(55(67)90)76-60(95)49(28-38-31-72-42-18-10-9-16-41(38)42)80-57(92)45(20-13-25-71-65(68)69)77-59(94)48(27-37-14-7-6-8-15-37)82-62(97)51-30-40(87)33-84(51)64(47)99/h6-10,14-16,18,31-32,34-35,40,43-51,54,72,74,85,87H,4-5,11-13,17,19-30,33H2,1-3H3,(H2,66,88)(H2,67,90)(H,70,73)(H,75,86)(H,76,95)(H,77,94)(H,78,98)(H,79,91)(H,80,92)(H,81,93)(H,82,97)(H,83,96)(H4,68,69,71)/t35?,40?,43-,44-,45-,46-,47-,48+,49-,50-,51-,54-/m0/s1. The van der Waals surface area contributed by atoms with Crippen molar-refractivity contribution in [3.05, 3.63) is 90.1 Å². The van der Waals surface area contributed by atoms with Gasteiger partial charge in [-0.05, 0) is 75.5 Å². The maximum atomic E-state index is 15.2. The number of aliphatic hydroxyl groups excluding tert-OH is 2. The van der Waals surface area contributed by atoms with Crippen LogP contribution in [0.5, 0.6) is 0 Å². The van der Waals surface area contributed by atoms with Gasteiger partial charge < -0.3 is 101 Å². The highest BCUT2D eigenvalue weighted by Crippen LogP contribution is 2.23. The van der Waals surface area contributed by atoms with Crippen LogP contribution in [0.1, 0.15) is 121 Å². The van der Waals surface area contributed by atoms with E-state index in [1.54, 1.807) is 55.6 Å². The van der Waals surface area contributed by atoms with E-state index >= 15 is 4.79 Å². The third-order valence-corrected chi connectivity index (χ3v) is 16.7. The van der Waals surface area contributed by atoms with E-state index in [2.05, 4.69) is 73.3 Å². The molecule has 0 bridgehead atoms. The average molecular weight is 1400 g/mol. The molecule has 2 saturated heterocycles. The molecule has 2 fully saturated rings. The minimum atomic E-state index is -1.83. The third-order valence-electron chi connectivity index (χ3n) is 16.7. The van der Waals surface area contributed by atoms with Crippen LogP contribution in [0, 0.1) is 0 Å². The minimum absolute atomic E-state index is 0.000578. The van der Waals surface area contributed by atoms with Crippen LogP contribution in [-0.4, -0.2) is 205 Å². The Hall–Kier alpha value is -10.6. The summed E-state index contributed by atoms with van der Waals surface area (Å²) in [6.07, 6.45) is -0.312. The zero-order valence-corrected chi connectivity index (χ0v) is 56.1. The molecular formula is C65H93N19O16. The lowest BCUT2D eigenvalue weighted by atomic mass is 10.0. The van der Waals surface area contributed by atoms with Crippen LogP contribution in [0.2, 0.25) is 0 Å². The summed E-state index contributed by atoms with van der Waals surface area (Å²) < 4.78 is 0. The molecule has 100 heavy (non-hydrogen) atoms. The second-order valence-electron chi connectivity index (χ2n) is 24.7. The first-order valence-corrected chi connectivity index (χ1v) is 33.2. The van der Waals surface area contributed by atoms with Gasteiger partial charge in [-0.2, -0.15) is 5.48 Å². The number of nitrogens with two attached hydrogens (primary N) is 4. The van der Waals surface area contributed by atoms with E-state index in [-0.39, 0.29) is 96.1 Å². The quantitative estimate of drug-likeness (QED) is 0.0152. The number of H-pyrrole nitrogens is 2. The van der Waals surface area contributed by atoms with Gasteiger partial charge in [0, 0.05) is 94.1 Å². The maximum absolute atomic E-state index is 15.2. The number of hydroxylamine groups is 1. The fourth-order valence-corrected chi connectivity index (χ4v) is 11.5. The van der Waals surface area contributed by atoms with Gasteiger partial charge in [0.2, 0.25) is 70.9 Å². The minimum Gasteiger partial charge on any atom is -0.391 e. The van der Waals surface area contributed by atoms with Crippen LogP contribution >= 0.6 is 0 Å². The molecule has 0 saturated carbocycles. The number of aliphatic hydroxyl groups is 2. The van der Waals surface area contributed by atoms with Crippen molar-refractivity contribution < 1.29 is 77.4 Å². The lowest BCUT2D eigenvalue weighted by Crippen LogP contribution is -2.62. The number of rotatable bonds is 27. The van der Waals surface area contributed by atoms with Gasteiger partial charge in [-0.15, -0.1) is 0 Å². The normalized spacial score (nSPS) is 21.6. The molecule has 4 aromatic rings. The summed E-state index contributed by atoms with van der Waals surface area (Å²) >= 11 is 0. The molecular weight excluding hydrogens is 1300 g/mol. The molecule has 0 aliphatic carbocycles. The second-order valence-corrected chi connectivity index (χ2v) is 24.7. The molecule has 0 spiro atoms. The number of para-hydroxylation sites is 1. The van der Waals surface area contributed by atoms with Crippen molar-refractivity contribution in [3.63, 3.8) is 0 Å². The fourth-order valence-electron chi connectivity index (χ4n) is 11.5. The maximum Gasteiger partial charge on any atom is 0.324 e. The first-order valence-electron chi connectivity index (χ1n) is 33.2. The predicted molar refractivity (Wildman–Crippen MR) is 360 cm³/mol. The molecule has 2 aromatic heterocycles. The Bertz CT molecular complexity index is 3510. The number of imidazole rings is 1. The lowest BCUT2D eigenvalue weighted by Gasteiger charge is -2.31. The zero-order chi connectivity index (χ0) is 73.0. The monoisotopic (exact) mass is 1400 g/mol. The molecule has 12 atom stereocenters. The number of nitrogens with one attached hydrogen (secondary N) is 12.